The van der Waals surface area contributed by atoms with Crippen LogP contribution in [0.15, 0.2) is 4.79 Å². The molecule has 1 aliphatic carbocycles. The number of aryl methyl sites for hydroxylation is 1. The number of ether oxygens (including phenoxy) is 2. The van der Waals surface area contributed by atoms with Gasteiger partial charge in [0.2, 0.25) is 0 Å². The van der Waals surface area contributed by atoms with Crippen molar-refractivity contribution >= 4 is 39.4 Å². The number of nitrogens with zero attached hydrogens (tertiary/aromatic N) is 1. The average Bonchev–Trinajstić information content (AvgIpc) is 3.34. The molecule has 2 heterocycles. The van der Waals surface area contributed by atoms with Crippen LogP contribution in [-0.4, -0.2) is 47.1 Å². The van der Waals surface area contributed by atoms with Crippen molar-refractivity contribution in [1.82, 2.24) is 15.3 Å². The first-order valence-corrected chi connectivity index (χ1v) is 9.22. The van der Waals surface area contributed by atoms with E-state index in [4.69, 9.17) is 9.47 Å². The molecule has 1 saturated carbocycles. The summed E-state index contributed by atoms with van der Waals surface area (Å²) in [6, 6.07) is 0.151. The fourth-order valence-corrected chi connectivity index (χ4v) is 3.74. The van der Waals surface area contributed by atoms with Gasteiger partial charge in [0.25, 0.3) is 11.5 Å². The molecule has 1 atom stereocenters. The number of thiophene rings is 1. The van der Waals surface area contributed by atoms with Gasteiger partial charge in [0.1, 0.15) is 15.5 Å². The third kappa shape index (κ3) is 4.16. The van der Waals surface area contributed by atoms with Gasteiger partial charge < -0.3 is 19.8 Å². The van der Waals surface area contributed by atoms with Crippen molar-refractivity contribution in [1.29, 1.82) is 0 Å². The van der Waals surface area contributed by atoms with E-state index in [1.165, 1.54) is 14.0 Å². The normalized spacial score (nSPS) is 14.6. The Morgan fingerprint density at radius 2 is 2.07 bits per heavy atom. The largest absolute Gasteiger partial charge is 0.465 e. The number of hydrogen-bond acceptors (Lipinski definition) is 8. The molecular weight excluding hydrogens is 374 g/mol. The smallest absolute Gasteiger partial charge is 0.348 e. The third-order valence-corrected chi connectivity index (χ3v) is 5.18. The minimum absolute atomic E-state index is 0.114. The second-order valence-corrected chi connectivity index (χ2v) is 7.32. The van der Waals surface area contributed by atoms with Crippen LogP contribution in [0.3, 0.4) is 0 Å². The molecule has 2 N–H and O–H groups in total. The lowest BCUT2D eigenvalue weighted by Crippen LogP contribution is -2.37. The summed E-state index contributed by atoms with van der Waals surface area (Å²) in [5.74, 6) is -1.37. The van der Waals surface area contributed by atoms with Crippen molar-refractivity contribution in [3.8, 4) is 0 Å². The summed E-state index contributed by atoms with van der Waals surface area (Å²) in [7, 11) is 1.21. The number of H-pyrrole nitrogens is 1. The minimum atomic E-state index is -0.969. The monoisotopic (exact) mass is 393 g/mol. The van der Waals surface area contributed by atoms with Crippen LogP contribution in [0.4, 0.5) is 0 Å². The summed E-state index contributed by atoms with van der Waals surface area (Å²) >= 11 is 0.976. The van der Waals surface area contributed by atoms with Crippen molar-refractivity contribution in [2.45, 2.75) is 45.3 Å². The van der Waals surface area contributed by atoms with Gasteiger partial charge in [0.05, 0.1) is 18.9 Å². The van der Waals surface area contributed by atoms with E-state index in [-0.39, 0.29) is 34.2 Å². The van der Waals surface area contributed by atoms with Crippen LogP contribution in [0.25, 0.3) is 10.2 Å². The predicted molar refractivity (Wildman–Crippen MR) is 96.7 cm³/mol. The second-order valence-electron chi connectivity index (χ2n) is 6.32. The van der Waals surface area contributed by atoms with Crippen molar-refractivity contribution in [3.05, 3.63) is 26.6 Å². The Bertz CT molecular complexity index is 975. The minimum Gasteiger partial charge on any atom is -0.465 e. The number of aromatic nitrogens is 2. The molecule has 0 spiro atoms. The van der Waals surface area contributed by atoms with Crippen molar-refractivity contribution in [2.75, 3.05) is 7.11 Å². The summed E-state index contributed by atoms with van der Waals surface area (Å²) in [6.07, 6.45) is 0.526. The predicted octanol–water partition coefficient (Wildman–Crippen LogP) is 0.832. The summed E-state index contributed by atoms with van der Waals surface area (Å²) in [5.41, 5.74) is -0.262. The van der Waals surface area contributed by atoms with Crippen LogP contribution in [0, 0.1) is 6.92 Å². The lowest BCUT2D eigenvalue weighted by molar-refractivity contribution is -0.154. The van der Waals surface area contributed by atoms with Gasteiger partial charge in [-0.15, -0.1) is 11.3 Å². The van der Waals surface area contributed by atoms with Crippen LogP contribution in [0.2, 0.25) is 0 Å². The van der Waals surface area contributed by atoms with Crippen LogP contribution in [0.5, 0.6) is 0 Å². The topological polar surface area (TPSA) is 127 Å². The molecule has 144 valence electrons. The van der Waals surface area contributed by atoms with E-state index in [1.54, 1.807) is 6.92 Å². The molecule has 0 unspecified atom stereocenters. The first-order valence-electron chi connectivity index (χ1n) is 8.40. The molecule has 0 radical (unpaired) electrons. The fourth-order valence-electron chi connectivity index (χ4n) is 2.58. The van der Waals surface area contributed by atoms with E-state index in [1.807, 2.05) is 0 Å². The van der Waals surface area contributed by atoms with E-state index >= 15 is 0 Å². The number of carbonyl (C=O) groups is 3. The molecule has 2 aromatic heterocycles. The maximum atomic E-state index is 12.3. The standard InChI is InChI=1S/C17H19N3O6S/c1-7(14(22)20-9-4-5-9)26-11(21)6-10-12-15(23)18-8(2)19-16(12)27-13(10)17(24)25-3/h7,9H,4-6H2,1-3H3,(H,20,22)(H,18,19,23)/t7-/m0/s1. The quantitative estimate of drug-likeness (QED) is 0.696. The molecule has 0 bridgehead atoms. The zero-order valence-electron chi connectivity index (χ0n) is 15.1. The van der Waals surface area contributed by atoms with Crippen molar-refractivity contribution in [3.63, 3.8) is 0 Å². The zero-order valence-corrected chi connectivity index (χ0v) is 15.9. The molecule has 9 nitrogen and oxygen atoms in total. The van der Waals surface area contributed by atoms with Crippen LogP contribution in [-0.2, 0) is 25.5 Å². The van der Waals surface area contributed by atoms with E-state index in [9.17, 15) is 19.2 Å². The number of amides is 1. The summed E-state index contributed by atoms with van der Waals surface area (Å²) in [4.78, 5) is 55.9. The number of hydrogen-bond donors (Lipinski definition) is 2. The molecule has 2 aromatic rings. The lowest BCUT2D eigenvalue weighted by atomic mass is 10.1. The lowest BCUT2D eigenvalue weighted by Gasteiger charge is -2.13. The molecule has 27 heavy (non-hydrogen) atoms. The number of carbonyl (C=O) groups excluding carboxylic acids is 3. The number of aromatic amines is 1. The van der Waals surface area contributed by atoms with Gasteiger partial charge in [0.15, 0.2) is 6.10 Å². The SMILES string of the molecule is COC(=O)c1sc2nc(C)[nH]c(=O)c2c1CC(=O)O[C@@H](C)C(=O)NC1CC1. The maximum absolute atomic E-state index is 12.3. The summed E-state index contributed by atoms with van der Waals surface area (Å²) in [5, 5.41) is 2.90. The van der Waals surface area contributed by atoms with Gasteiger partial charge in [-0.05, 0) is 26.7 Å². The van der Waals surface area contributed by atoms with Crippen LogP contribution in [0.1, 0.15) is 40.8 Å². The third-order valence-electron chi connectivity index (χ3n) is 4.07. The van der Waals surface area contributed by atoms with E-state index in [0.717, 1.165) is 24.2 Å². The molecule has 10 heteroatoms. The molecule has 0 aromatic carbocycles. The molecular formula is C17H19N3O6S. The van der Waals surface area contributed by atoms with Gasteiger partial charge >= 0.3 is 11.9 Å². The summed E-state index contributed by atoms with van der Waals surface area (Å²) < 4.78 is 9.91. The Morgan fingerprint density at radius 3 is 2.70 bits per heavy atom. The Balaban J connectivity index is 1.86. The van der Waals surface area contributed by atoms with Crippen molar-refractivity contribution in [2.24, 2.45) is 0 Å². The Kier molecular flexibility index (Phi) is 5.26. The number of esters is 2. The number of methoxy groups -OCH3 is 1. The molecule has 0 saturated heterocycles. The van der Waals surface area contributed by atoms with Gasteiger partial charge in [-0.1, -0.05) is 0 Å². The molecule has 3 rings (SSSR count). The number of fused-ring (bicyclic) bond motifs is 1. The average molecular weight is 393 g/mol. The van der Waals surface area contributed by atoms with Crippen LogP contribution < -0.4 is 10.9 Å². The first-order chi connectivity index (χ1) is 12.8. The number of nitrogens with one attached hydrogen (secondary N) is 2. The molecule has 1 aliphatic rings. The Labute approximate surface area is 158 Å². The van der Waals surface area contributed by atoms with Gasteiger partial charge in [0, 0.05) is 11.6 Å². The molecule has 1 fully saturated rings. The molecule has 0 aliphatic heterocycles. The van der Waals surface area contributed by atoms with E-state index < -0.39 is 23.6 Å². The summed E-state index contributed by atoms with van der Waals surface area (Å²) in [6.45, 7) is 3.09. The number of rotatable bonds is 6. The maximum Gasteiger partial charge on any atom is 0.348 e. The van der Waals surface area contributed by atoms with Gasteiger partial charge in [-0.2, -0.15) is 0 Å². The van der Waals surface area contributed by atoms with E-state index in [0.29, 0.717) is 10.7 Å². The fraction of sp³-hybridized carbons (Fsp3) is 0.471. The highest BCUT2D eigenvalue weighted by atomic mass is 32.1. The van der Waals surface area contributed by atoms with Crippen LogP contribution >= 0.6 is 11.3 Å². The Morgan fingerprint density at radius 1 is 1.37 bits per heavy atom. The van der Waals surface area contributed by atoms with Gasteiger partial charge in [-0.3, -0.25) is 14.4 Å². The highest BCUT2D eigenvalue weighted by Gasteiger charge is 2.29. The van der Waals surface area contributed by atoms with E-state index in [2.05, 4.69) is 15.3 Å². The van der Waals surface area contributed by atoms with Crippen molar-refractivity contribution < 1.29 is 23.9 Å². The highest BCUT2D eigenvalue weighted by Crippen LogP contribution is 2.29. The second kappa shape index (κ2) is 7.47. The van der Waals surface area contributed by atoms with Gasteiger partial charge in [-0.25, -0.2) is 9.78 Å². The zero-order chi connectivity index (χ0) is 19.7. The Hall–Kier alpha value is -2.75. The first kappa shape index (κ1) is 19.0. The highest BCUT2D eigenvalue weighted by molar-refractivity contribution is 7.20. The molecule has 1 amide bonds.